The molecule has 0 aromatic heterocycles. The molecule has 10 nitrogen and oxygen atoms in total. The molecule has 0 unspecified atom stereocenters. The average Bonchev–Trinajstić information content (AvgIpc) is 3.04. The lowest BCUT2D eigenvalue weighted by Crippen LogP contribution is -2.43. The number of carbonyl (C=O) groups excluding carboxylic acids is 3. The Morgan fingerprint density at radius 3 is 1.96 bits per heavy atom. The first-order chi connectivity index (χ1) is 22.6. The van der Waals surface area contributed by atoms with Crippen LogP contribution in [0.15, 0.2) is 84.9 Å². The van der Waals surface area contributed by atoms with Crippen LogP contribution in [-0.2, 0) is 20.6 Å². The number of carboxylic acid groups (broad SMARTS) is 2. The van der Waals surface area contributed by atoms with E-state index in [1.807, 2.05) is 0 Å². The summed E-state index contributed by atoms with van der Waals surface area (Å²) in [5.74, 6) is -3.91. The molecule has 0 atom stereocenters. The fraction of sp³-hybridized carbons (Fsp3) is 0.265. The summed E-state index contributed by atoms with van der Waals surface area (Å²) in [5, 5.41) is 18.2. The van der Waals surface area contributed by atoms with Gasteiger partial charge in [-0.05, 0) is 92.7 Å². The van der Waals surface area contributed by atoms with Gasteiger partial charge in [0.05, 0.1) is 5.56 Å². The topological polar surface area (TPSA) is 144 Å². The highest BCUT2D eigenvalue weighted by molar-refractivity contribution is 6.06. The summed E-state index contributed by atoms with van der Waals surface area (Å²) in [4.78, 5) is 60.1. The van der Waals surface area contributed by atoms with E-state index in [1.54, 1.807) is 12.1 Å². The normalized spacial score (nSPS) is 13.7. The highest BCUT2D eigenvalue weighted by Gasteiger charge is 2.32. The van der Waals surface area contributed by atoms with Gasteiger partial charge in [0.15, 0.2) is 5.78 Å². The minimum Gasteiger partial charge on any atom is -0.478 e. The van der Waals surface area contributed by atoms with Crippen LogP contribution >= 0.6 is 0 Å². The Balaban J connectivity index is 0.000000694. The molecule has 1 saturated heterocycles. The first kappa shape index (κ1) is 37.1. The number of aliphatic carboxylic acids is 2. The molecule has 254 valence electrons. The van der Waals surface area contributed by atoms with Crippen molar-refractivity contribution >= 4 is 40.9 Å². The second kappa shape index (κ2) is 17.0. The quantitative estimate of drug-likeness (QED) is 0.140. The van der Waals surface area contributed by atoms with Crippen molar-refractivity contribution in [3.05, 3.63) is 107 Å². The monoisotopic (exact) mass is 671 g/mol. The number of anilines is 2. The molecule has 48 heavy (non-hydrogen) atoms. The number of Topliss-reactive ketones (excluding diaryl/α,β-unsaturated/α-hetero) is 1. The number of likely N-dealkylation sites (tertiary alicyclic amines) is 1. The fourth-order valence-corrected chi connectivity index (χ4v) is 4.91. The minimum absolute atomic E-state index is 0.0388. The number of halogens is 4. The Bertz CT molecular complexity index is 1620. The Kier molecular flexibility index (Phi) is 13.1. The zero-order valence-corrected chi connectivity index (χ0v) is 25.7. The van der Waals surface area contributed by atoms with Crippen molar-refractivity contribution in [1.29, 1.82) is 0 Å². The summed E-state index contributed by atoms with van der Waals surface area (Å²) >= 11 is 0. The smallest absolute Gasteiger partial charge is 0.416 e. The van der Waals surface area contributed by atoms with Crippen molar-refractivity contribution in [1.82, 2.24) is 4.90 Å². The number of benzene rings is 3. The van der Waals surface area contributed by atoms with Gasteiger partial charge >= 0.3 is 18.1 Å². The number of alkyl halides is 3. The number of rotatable bonds is 10. The van der Waals surface area contributed by atoms with Gasteiger partial charge in [0.2, 0.25) is 5.91 Å². The van der Waals surface area contributed by atoms with Crippen LogP contribution in [0.4, 0.5) is 28.9 Å². The van der Waals surface area contributed by atoms with Gasteiger partial charge in [0.25, 0.3) is 5.91 Å². The van der Waals surface area contributed by atoms with Gasteiger partial charge in [-0.3, -0.25) is 14.4 Å². The summed E-state index contributed by atoms with van der Waals surface area (Å²) in [5.41, 5.74) is 0.476. The SMILES string of the molecule is CC(=O)Nc1ccc(C(=O)N(CCN2CCC(C(=O)c3ccc(F)cc3)CC2)c2cccc(C(F)(F)F)c2)cc1.O=C(O)/C=C/C(=O)O. The molecule has 0 saturated carbocycles. The van der Waals surface area contributed by atoms with Crippen LogP contribution in [0.3, 0.4) is 0 Å². The second-order valence-electron chi connectivity index (χ2n) is 10.8. The van der Waals surface area contributed by atoms with Gasteiger partial charge < -0.3 is 25.3 Å². The maximum atomic E-state index is 13.5. The lowest BCUT2D eigenvalue weighted by Gasteiger charge is -2.33. The summed E-state index contributed by atoms with van der Waals surface area (Å²) in [6, 6.07) is 16.3. The number of hydrogen-bond acceptors (Lipinski definition) is 6. The number of nitrogens with zero attached hydrogens (tertiary/aromatic N) is 2. The van der Waals surface area contributed by atoms with Crippen LogP contribution in [0.1, 0.15) is 46.0 Å². The minimum atomic E-state index is -4.57. The summed E-state index contributed by atoms with van der Waals surface area (Å²) in [7, 11) is 0. The number of carbonyl (C=O) groups is 5. The van der Waals surface area contributed by atoms with Crippen molar-refractivity contribution in [2.24, 2.45) is 5.92 Å². The first-order valence-corrected chi connectivity index (χ1v) is 14.7. The summed E-state index contributed by atoms with van der Waals surface area (Å²) in [6.45, 7) is 3.03. The van der Waals surface area contributed by atoms with E-state index in [9.17, 15) is 41.5 Å². The lowest BCUT2D eigenvalue weighted by atomic mass is 9.89. The molecule has 2 amide bonds. The molecule has 0 aliphatic carbocycles. The van der Waals surface area contributed by atoms with Crippen molar-refractivity contribution in [3.8, 4) is 0 Å². The molecule has 3 aromatic rings. The van der Waals surface area contributed by atoms with Crippen molar-refractivity contribution in [3.63, 3.8) is 0 Å². The second-order valence-corrected chi connectivity index (χ2v) is 10.8. The third-order valence-corrected chi connectivity index (χ3v) is 7.28. The zero-order valence-electron chi connectivity index (χ0n) is 25.7. The Morgan fingerprint density at radius 2 is 1.44 bits per heavy atom. The van der Waals surface area contributed by atoms with E-state index >= 15 is 0 Å². The number of nitrogens with one attached hydrogen (secondary N) is 1. The third kappa shape index (κ3) is 11.5. The molecule has 0 bridgehead atoms. The van der Waals surface area contributed by atoms with Gasteiger partial charge in [0.1, 0.15) is 5.82 Å². The third-order valence-electron chi connectivity index (χ3n) is 7.28. The van der Waals surface area contributed by atoms with Crippen LogP contribution in [0.5, 0.6) is 0 Å². The van der Waals surface area contributed by atoms with Gasteiger partial charge in [-0.15, -0.1) is 0 Å². The summed E-state index contributed by atoms with van der Waals surface area (Å²) < 4.78 is 53.5. The highest BCUT2D eigenvalue weighted by atomic mass is 19.4. The van der Waals surface area contributed by atoms with Crippen LogP contribution in [-0.4, -0.2) is 70.8 Å². The molecule has 4 rings (SSSR count). The number of ketones is 1. The molecule has 14 heteroatoms. The van der Waals surface area contributed by atoms with E-state index in [0.29, 0.717) is 55.9 Å². The first-order valence-electron chi connectivity index (χ1n) is 14.7. The van der Waals surface area contributed by atoms with Crippen LogP contribution < -0.4 is 10.2 Å². The molecule has 0 radical (unpaired) electrons. The van der Waals surface area contributed by atoms with Gasteiger partial charge in [-0.25, -0.2) is 14.0 Å². The lowest BCUT2D eigenvalue weighted by molar-refractivity contribution is -0.137. The van der Waals surface area contributed by atoms with E-state index in [-0.39, 0.29) is 35.4 Å². The van der Waals surface area contributed by atoms with Gasteiger partial charge in [-0.2, -0.15) is 13.2 Å². The maximum Gasteiger partial charge on any atom is 0.416 e. The van der Waals surface area contributed by atoms with Crippen LogP contribution in [0.25, 0.3) is 0 Å². The largest absolute Gasteiger partial charge is 0.478 e. The van der Waals surface area contributed by atoms with E-state index in [1.165, 1.54) is 60.4 Å². The average molecular weight is 672 g/mol. The van der Waals surface area contributed by atoms with Crippen molar-refractivity contribution in [2.45, 2.75) is 25.9 Å². The number of amides is 2. The molecule has 1 fully saturated rings. The molecule has 3 N–H and O–H groups in total. The van der Waals surface area contributed by atoms with E-state index in [0.717, 1.165) is 12.1 Å². The van der Waals surface area contributed by atoms with Crippen LogP contribution in [0, 0.1) is 11.7 Å². The number of carboxylic acids is 2. The standard InChI is InChI=1S/C30H29F4N3O3.C4H4O4/c1-20(38)35-26-11-7-23(8-12-26)29(40)37(27-4-2-3-24(19-27)30(32,33)34)18-17-36-15-13-22(14-16-36)28(39)21-5-9-25(31)10-6-21;5-3(6)1-2-4(7)8/h2-12,19,22H,13-18H2,1H3,(H,35,38);1-2H,(H,5,6)(H,7,8)/b;2-1+. The molecule has 1 aliphatic heterocycles. The van der Waals surface area contributed by atoms with Crippen molar-refractivity contribution < 1.29 is 51.7 Å². The Morgan fingerprint density at radius 1 is 0.875 bits per heavy atom. The van der Waals surface area contributed by atoms with Crippen LogP contribution in [0.2, 0.25) is 0 Å². The molecule has 3 aromatic carbocycles. The van der Waals surface area contributed by atoms with Gasteiger partial charge in [-0.1, -0.05) is 6.07 Å². The van der Waals surface area contributed by atoms with Crippen molar-refractivity contribution in [2.75, 3.05) is 36.4 Å². The Labute approximate surface area is 273 Å². The predicted molar refractivity (Wildman–Crippen MR) is 168 cm³/mol. The number of piperidine rings is 1. The number of hydrogen-bond donors (Lipinski definition) is 3. The molecular weight excluding hydrogens is 638 g/mol. The predicted octanol–water partition coefficient (Wildman–Crippen LogP) is 5.76. The Hall–Kier alpha value is -5.37. The molecular formula is C34H33F4N3O7. The van der Waals surface area contributed by atoms with Gasteiger partial charge in [0, 0.05) is 60.6 Å². The molecule has 1 aliphatic rings. The summed E-state index contributed by atoms with van der Waals surface area (Å²) in [6.07, 6.45) is -2.29. The zero-order chi connectivity index (χ0) is 35.4. The molecule has 0 spiro atoms. The highest BCUT2D eigenvalue weighted by Crippen LogP contribution is 2.32. The van der Waals surface area contributed by atoms with E-state index in [4.69, 9.17) is 10.2 Å². The maximum absolute atomic E-state index is 13.5. The van der Waals surface area contributed by atoms with E-state index < -0.39 is 35.4 Å². The fourth-order valence-electron chi connectivity index (χ4n) is 4.91. The molecule has 1 heterocycles. The van der Waals surface area contributed by atoms with E-state index in [2.05, 4.69) is 10.2 Å².